The third-order valence-electron chi connectivity index (χ3n) is 7.97. The van der Waals surface area contributed by atoms with Gasteiger partial charge in [0, 0.05) is 11.7 Å². The Balaban J connectivity index is 2.64. The van der Waals surface area contributed by atoms with Gasteiger partial charge in [0.2, 0.25) is 0 Å². The molecule has 0 aromatic rings. The SMILES string of the molecule is CSC[C@@]1(O[Si](C)(C)C(C)(C)C)C(=O)[C@@]2(O[Si](C)(C)C(C)(C)C)C=C[C@@H]1C[C@@H]2C=O. The van der Waals surface area contributed by atoms with Crippen LogP contribution in [0.15, 0.2) is 12.2 Å². The van der Waals surface area contributed by atoms with Crippen LogP contribution in [0.1, 0.15) is 48.0 Å². The average molecular weight is 471 g/mol. The minimum atomic E-state index is -2.32. The second-order valence-electron chi connectivity index (χ2n) is 12.1. The summed E-state index contributed by atoms with van der Waals surface area (Å²) < 4.78 is 13.8. The van der Waals surface area contributed by atoms with Crippen LogP contribution in [0.25, 0.3) is 0 Å². The number of ketones is 1. The number of hydrogen-bond acceptors (Lipinski definition) is 5. The summed E-state index contributed by atoms with van der Waals surface area (Å²) in [6, 6.07) is 0. The van der Waals surface area contributed by atoms with Crippen LogP contribution in [0.2, 0.25) is 36.3 Å². The van der Waals surface area contributed by atoms with Gasteiger partial charge < -0.3 is 13.6 Å². The Morgan fingerprint density at radius 2 is 1.57 bits per heavy atom. The molecule has 3 aliphatic rings. The molecular formula is C23H42O4SSi2. The van der Waals surface area contributed by atoms with Gasteiger partial charge in [-0.05, 0) is 55.0 Å². The van der Waals surface area contributed by atoms with Crippen LogP contribution in [0.4, 0.5) is 0 Å². The zero-order valence-electron chi connectivity index (χ0n) is 20.8. The van der Waals surface area contributed by atoms with Crippen LogP contribution in [0, 0.1) is 11.8 Å². The summed E-state index contributed by atoms with van der Waals surface area (Å²) in [5.41, 5.74) is -2.14. The van der Waals surface area contributed by atoms with E-state index in [1.165, 1.54) is 0 Å². The average Bonchev–Trinajstić information content (AvgIpc) is 2.57. The van der Waals surface area contributed by atoms with Crippen molar-refractivity contribution in [2.75, 3.05) is 12.0 Å². The second-order valence-corrected chi connectivity index (χ2v) is 22.4. The fourth-order valence-corrected chi connectivity index (χ4v) is 7.97. The van der Waals surface area contributed by atoms with Gasteiger partial charge in [-0.1, -0.05) is 47.6 Å². The highest BCUT2D eigenvalue weighted by Crippen LogP contribution is 2.55. The Kier molecular flexibility index (Phi) is 6.92. The molecule has 4 atom stereocenters. The Hall–Kier alpha value is -0.216. The molecule has 0 N–H and O–H groups in total. The molecule has 0 saturated heterocycles. The highest BCUT2D eigenvalue weighted by atomic mass is 32.2. The van der Waals surface area contributed by atoms with Crippen LogP contribution in [-0.2, 0) is 18.4 Å². The lowest BCUT2D eigenvalue weighted by Gasteiger charge is -2.59. The van der Waals surface area contributed by atoms with Crippen LogP contribution in [0.3, 0.4) is 0 Å². The first-order valence-electron chi connectivity index (χ1n) is 11.0. The monoisotopic (exact) mass is 470 g/mol. The van der Waals surface area contributed by atoms with Gasteiger partial charge in [-0.15, -0.1) is 0 Å². The first-order valence-corrected chi connectivity index (χ1v) is 18.2. The minimum Gasteiger partial charge on any atom is -0.403 e. The predicted octanol–water partition coefficient (Wildman–Crippen LogP) is 5.84. The summed E-state index contributed by atoms with van der Waals surface area (Å²) in [5.74, 6) is 0.00952. The van der Waals surface area contributed by atoms with E-state index >= 15 is 0 Å². The first kappa shape index (κ1) is 26.0. The van der Waals surface area contributed by atoms with E-state index in [0.29, 0.717) is 12.2 Å². The Morgan fingerprint density at radius 1 is 1.07 bits per heavy atom. The van der Waals surface area contributed by atoms with Crippen LogP contribution < -0.4 is 0 Å². The number of aldehydes is 1. The highest BCUT2D eigenvalue weighted by Gasteiger charge is 2.67. The van der Waals surface area contributed by atoms with Crippen molar-refractivity contribution in [1.29, 1.82) is 0 Å². The molecule has 0 aliphatic heterocycles. The van der Waals surface area contributed by atoms with Gasteiger partial charge in [-0.3, -0.25) is 4.79 Å². The van der Waals surface area contributed by atoms with Gasteiger partial charge in [0.1, 0.15) is 17.5 Å². The fourth-order valence-electron chi connectivity index (χ4n) is 4.03. The molecule has 1 saturated carbocycles. The van der Waals surface area contributed by atoms with Gasteiger partial charge in [0.15, 0.2) is 22.4 Å². The molecule has 0 spiro atoms. The largest absolute Gasteiger partial charge is 0.403 e. The molecule has 3 rings (SSSR count). The highest BCUT2D eigenvalue weighted by molar-refractivity contribution is 7.98. The Bertz CT molecular complexity index is 720. The summed E-state index contributed by atoms with van der Waals surface area (Å²) in [6.45, 7) is 21.8. The van der Waals surface area contributed by atoms with E-state index in [0.717, 1.165) is 6.29 Å². The van der Waals surface area contributed by atoms with E-state index in [2.05, 4.69) is 73.8 Å². The van der Waals surface area contributed by atoms with Gasteiger partial charge >= 0.3 is 0 Å². The van der Waals surface area contributed by atoms with E-state index in [9.17, 15) is 9.59 Å². The lowest BCUT2D eigenvalue weighted by Crippen LogP contribution is -2.73. The standard InChI is InChI=1S/C23H42O4SSi2/c1-20(2,3)29(8,9)26-22-13-12-17(14-18(22)15-24)23(16-28-7,19(22)25)27-30(10,11)21(4,5)6/h12-13,15,17-18H,14,16H2,1-11H3/t17-,18-,22-,23+/m1/s1. The summed E-state index contributed by atoms with van der Waals surface area (Å²) >= 11 is 1.64. The number of hydrogen-bond donors (Lipinski definition) is 0. The summed E-state index contributed by atoms with van der Waals surface area (Å²) in [5, 5.41) is -0.0866. The van der Waals surface area contributed by atoms with Gasteiger partial charge in [0.05, 0.1) is 5.92 Å². The summed E-state index contributed by atoms with van der Waals surface area (Å²) in [6.07, 6.45) is 7.58. The molecule has 4 nitrogen and oxygen atoms in total. The number of carbonyl (C=O) groups is 2. The lowest BCUT2D eigenvalue weighted by molar-refractivity contribution is -0.169. The second kappa shape index (κ2) is 7.97. The number of Topliss-reactive ketones (excluding diaryl/α,β-unsaturated/α-hetero) is 1. The Labute approximate surface area is 190 Å². The first-order chi connectivity index (χ1) is 13.4. The molecule has 0 radical (unpaired) electrons. The van der Waals surface area contributed by atoms with Crippen molar-refractivity contribution in [3.8, 4) is 0 Å². The van der Waals surface area contributed by atoms with E-state index in [1.54, 1.807) is 11.8 Å². The molecule has 0 unspecified atom stereocenters. The van der Waals surface area contributed by atoms with Crippen molar-refractivity contribution in [1.82, 2.24) is 0 Å². The molecule has 7 heteroatoms. The third kappa shape index (κ3) is 4.09. The maximum atomic E-state index is 14.4. The van der Waals surface area contributed by atoms with E-state index in [-0.39, 0.29) is 21.8 Å². The van der Waals surface area contributed by atoms with Crippen LogP contribution in [-0.4, -0.2) is 51.9 Å². The molecule has 2 bridgehead atoms. The quantitative estimate of drug-likeness (QED) is 0.265. The van der Waals surface area contributed by atoms with Crippen molar-refractivity contribution in [3.05, 3.63) is 12.2 Å². The molecule has 3 aliphatic carbocycles. The lowest BCUT2D eigenvalue weighted by atomic mass is 9.59. The molecule has 172 valence electrons. The van der Waals surface area contributed by atoms with E-state index in [1.807, 2.05) is 12.3 Å². The molecule has 0 heterocycles. The van der Waals surface area contributed by atoms with Crippen molar-refractivity contribution in [2.24, 2.45) is 11.8 Å². The smallest absolute Gasteiger partial charge is 0.200 e. The maximum absolute atomic E-state index is 14.4. The summed E-state index contributed by atoms with van der Waals surface area (Å²) in [7, 11) is -4.57. The predicted molar refractivity (Wildman–Crippen MR) is 132 cm³/mol. The van der Waals surface area contributed by atoms with Gasteiger partial charge in [0.25, 0.3) is 0 Å². The van der Waals surface area contributed by atoms with Gasteiger partial charge in [-0.25, -0.2) is 0 Å². The molecule has 0 aromatic carbocycles. The van der Waals surface area contributed by atoms with E-state index in [4.69, 9.17) is 8.85 Å². The van der Waals surface area contributed by atoms with Crippen molar-refractivity contribution in [2.45, 2.75) is 95.4 Å². The minimum absolute atomic E-state index is 0.0173. The maximum Gasteiger partial charge on any atom is 0.200 e. The fraction of sp³-hybridized carbons (Fsp3) is 0.826. The van der Waals surface area contributed by atoms with Crippen LogP contribution >= 0.6 is 11.8 Å². The molecule has 1 fully saturated rings. The van der Waals surface area contributed by atoms with Crippen LogP contribution in [0.5, 0.6) is 0 Å². The Morgan fingerprint density at radius 3 is 2.00 bits per heavy atom. The van der Waals surface area contributed by atoms with Gasteiger partial charge in [-0.2, -0.15) is 11.8 Å². The summed E-state index contributed by atoms with van der Waals surface area (Å²) in [4.78, 5) is 26.5. The van der Waals surface area contributed by atoms with Crippen molar-refractivity contribution in [3.63, 3.8) is 0 Å². The number of fused-ring (bicyclic) bond motifs is 2. The zero-order valence-corrected chi connectivity index (χ0v) is 23.7. The number of rotatable bonds is 7. The topological polar surface area (TPSA) is 52.6 Å². The van der Waals surface area contributed by atoms with E-state index < -0.39 is 33.8 Å². The molecule has 30 heavy (non-hydrogen) atoms. The molecule has 0 amide bonds. The molecule has 0 aromatic heterocycles. The van der Waals surface area contributed by atoms with Crippen molar-refractivity contribution >= 4 is 40.5 Å². The molecular weight excluding hydrogens is 428 g/mol. The number of carbonyl (C=O) groups excluding carboxylic acids is 2. The van der Waals surface area contributed by atoms with Crippen molar-refractivity contribution < 1.29 is 18.4 Å². The zero-order chi connectivity index (χ0) is 23.4. The normalized spacial score (nSPS) is 32.6. The number of thioether (sulfide) groups is 1. The third-order valence-corrected chi connectivity index (χ3v) is 17.6.